The van der Waals surface area contributed by atoms with Gasteiger partial charge in [-0.3, -0.25) is 4.90 Å². The molecule has 0 aliphatic carbocycles. The number of aliphatic hydroxyl groups excluding tert-OH is 1. The van der Waals surface area contributed by atoms with E-state index in [1.54, 1.807) is 12.4 Å². The van der Waals surface area contributed by atoms with E-state index in [4.69, 9.17) is 15.2 Å². The van der Waals surface area contributed by atoms with Crippen molar-refractivity contribution in [1.82, 2.24) is 14.9 Å². The molecule has 4 rings (SSSR count). The van der Waals surface area contributed by atoms with Gasteiger partial charge >= 0.3 is 0 Å². The molecule has 1 aliphatic rings. The molecule has 1 aliphatic heterocycles. The summed E-state index contributed by atoms with van der Waals surface area (Å²) in [6, 6.07) is 12.1. The number of anilines is 1. The molecular weight excluding hydrogens is 380 g/mol. The highest BCUT2D eigenvalue weighted by molar-refractivity contribution is 5.88. The van der Waals surface area contributed by atoms with Crippen molar-refractivity contribution in [2.75, 3.05) is 32.0 Å². The highest BCUT2D eigenvalue weighted by Gasteiger charge is 2.29. The van der Waals surface area contributed by atoms with Gasteiger partial charge in [0.1, 0.15) is 18.5 Å². The molecule has 30 heavy (non-hydrogen) atoms. The molecular formula is C23H28N4O3. The molecule has 1 unspecified atom stereocenters. The van der Waals surface area contributed by atoms with E-state index in [1.165, 1.54) is 0 Å². The molecule has 1 atom stereocenters. The molecule has 1 saturated heterocycles. The van der Waals surface area contributed by atoms with E-state index in [0.29, 0.717) is 6.54 Å². The number of ether oxygens (including phenoxy) is 2. The topological polar surface area (TPSA) is 93.7 Å². The molecule has 0 saturated carbocycles. The molecule has 0 amide bonds. The Kier molecular flexibility index (Phi) is 6.13. The van der Waals surface area contributed by atoms with Crippen LogP contribution >= 0.6 is 0 Å². The maximum Gasteiger partial charge on any atom is 0.219 e. The minimum atomic E-state index is -0.543. The molecule has 158 valence electrons. The number of rotatable bonds is 8. The zero-order valence-electron chi connectivity index (χ0n) is 17.4. The molecule has 0 radical (unpaired) electrons. The number of aliphatic hydroxyl groups is 1. The van der Waals surface area contributed by atoms with E-state index >= 15 is 0 Å². The van der Waals surface area contributed by atoms with Crippen LogP contribution in [-0.2, 0) is 4.74 Å². The molecule has 2 aromatic carbocycles. The number of fused-ring (bicyclic) bond motifs is 1. The second-order valence-corrected chi connectivity index (χ2v) is 8.04. The fourth-order valence-corrected chi connectivity index (χ4v) is 3.67. The van der Waals surface area contributed by atoms with Crippen LogP contribution in [0, 0.1) is 0 Å². The van der Waals surface area contributed by atoms with Crippen molar-refractivity contribution in [2.24, 2.45) is 0 Å². The lowest BCUT2D eigenvalue weighted by Gasteiger charge is -2.40. The zero-order valence-corrected chi connectivity index (χ0v) is 17.4. The summed E-state index contributed by atoms with van der Waals surface area (Å²) in [4.78, 5) is 10.3. The van der Waals surface area contributed by atoms with Crippen molar-refractivity contribution in [2.45, 2.75) is 32.2 Å². The summed E-state index contributed by atoms with van der Waals surface area (Å²) in [5, 5.41) is 12.5. The van der Waals surface area contributed by atoms with E-state index in [1.807, 2.05) is 38.1 Å². The van der Waals surface area contributed by atoms with Crippen LogP contribution in [0.1, 0.15) is 13.8 Å². The Morgan fingerprint density at radius 2 is 1.80 bits per heavy atom. The van der Waals surface area contributed by atoms with Crippen LogP contribution in [0.25, 0.3) is 21.9 Å². The molecule has 7 nitrogen and oxygen atoms in total. The Balaban J connectivity index is 1.34. The zero-order chi connectivity index (χ0) is 21.1. The van der Waals surface area contributed by atoms with Gasteiger partial charge in [0.05, 0.1) is 12.2 Å². The molecule has 1 fully saturated rings. The van der Waals surface area contributed by atoms with Crippen LogP contribution in [-0.4, -0.2) is 64.5 Å². The SMILES string of the molecule is CC(C)OC1CN(CC(O)COc2ccc3ccc(-c4cnc(N)nc4)cc3c2)C1. The quantitative estimate of drug-likeness (QED) is 0.592. The van der Waals surface area contributed by atoms with Crippen LogP contribution in [0.3, 0.4) is 0 Å². The van der Waals surface area contributed by atoms with E-state index in [2.05, 4.69) is 27.0 Å². The predicted octanol–water partition coefficient (Wildman–Crippen LogP) is 2.73. The number of hydrogen-bond acceptors (Lipinski definition) is 7. The van der Waals surface area contributed by atoms with Crippen molar-refractivity contribution >= 4 is 16.7 Å². The van der Waals surface area contributed by atoms with Gasteiger partial charge in [-0.15, -0.1) is 0 Å². The molecule has 3 aromatic rings. The largest absolute Gasteiger partial charge is 0.491 e. The molecule has 2 heterocycles. The maximum absolute atomic E-state index is 10.3. The minimum Gasteiger partial charge on any atom is -0.491 e. The average Bonchev–Trinajstić information content (AvgIpc) is 2.70. The van der Waals surface area contributed by atoms with Crippen molar-refractivity contribution in [3.63, 3.8) is 0 Å². The maximum atomic E-state index is 10.3. The third-order valence-corrected chi connectivity index (χ3v) is 5.12. The first kappa shape index (κ1) is 20.5. The Bertz CT molecular complexity index is 987. The molecule has 3 N–H and O–H groups in total. The number of nitrogen functional groups attached to an aromatic ring is 1. The van der Waals surface area contributed by atoms with E-state index in [-0.39, 0.29) is 24.8 Å². The fraction of sp³-hybridized carbons (Fsp3) is 0.391. The van der Waals surface area contributed by atoms with Gasteiger partial charge in [-0.05, 0) is 48.4 Å². The van der Waals surface area contributed by atoms with Gasteiger partial charge in [0.25, 0.3) is 0 Å². The summed E-state index contributed by atoms with van der Waals surface area (Å²) in [6.07, 6.45) is 3.41. The second-order valence-electron chi connectivity index (χ2n) is 8.04. The third-order valence-electron chi connectivity index (χ3n) is 5.12. The molecule has 1 aromatic heterocycles. The van der Waals surface area contributed by atoms with Crippen molar-refractivity contribution in [1.29, 1.82) is 0 Å². The van der Waals surface area contributed by atoms with E-state index in [0.717, 1.165) is 40.7 Å². The first-order chi connectivity index (χ1) is 14.5. The lowest BCUT2D eigenvalue weighted by atomic mass is 10.0. The molecule has 0 spiro atoms. The Hall–Kier alpha value is -2.74. The van der Waals surface area contributed by atoms with Gasteiger partial charge in [-0.1, -0.05) is 18.2 Å². The first-order valence-electron chi connectivity index (χ1n) is 10.3. The van der Waals surface area contributed by atoms with Gasteiger partial charge in [-0.25, -0.2) is 9.97 Å². The second kappa shape index (κ2) is 8.95. The summed E-state index contributed by atoms with van der Waals surface area (Å²) in [7, 11) is 0. The molecule has 7 heteroatoms. The first-order valence-corrected chi connectivity index (χ1v) is 10.3. The van der Waals surface area contributed by atoms with Crippen LogP contribution in [0.2, 0.25) is 0 Å². The molecule has 0 bridgehead atoms. The van der Waals surface area contributed by atoms with E-state index < -0.39 is 6.10 Å². The van der Waals surface area contributed by atoms with Gasteiger partial charge in [0.15, 0.2) is 0 Å². The predicted molar refractivity (Wildman–Crippen MR) is 117 cm³/mol. The standard InChI is InChI=1S/C23H28N4O3/c1-15(2)30-22-12-27(13-22)11-20(28)14-29-21-6-5-16-3-4-17(7-18(16)8-21)19-9-25-23(24)26-10-19/h3-10,15,20,22,28H,11-14H2,1-2H3,(H2,24,25,26). The summed E-state index contributed by atoms with van der Waals surface area (Å²) in [6.45, 7) is 6.66. The minimum absolute atomic E-state index is 0.242. The third kappa shape index (κ3) is 5.05. The van der Waals surface area contributed by atoms with Crippen molar-refractivity contribution in [3.8, 4) is 16.9 Å². The number of aromatic nitrogens is 2. The van der Waals surface area contributed by atoms with Crippen LogP contribution in [0.15, 0.2) is 48.8 Å². The van der Waals surface area contributed by atoms with Gasteiger partial charge in [-0.2, -0.15) is 0 Å². The summed E-state index contributed by atoms with van der Waals surface area (Å²) in [5.74, 6) is 0.992. The van der Waals surface area contributed by atoms with Gasteiger partial charge in [0.2, 0.25) is 5.95 Å². The highest BCUT2D eigenvalue weighted by Crippen LogP contribution is 2.27. The van der Waals surface area contributed by atoms with Gasteiger partial charge in [0, 0.05) is 37.6 Å². The van der Waals surface area contributed by atoms with Crippen LogP contribution in [0.4, 0.5) is 5.95 Å². The number of β-amino-alcohol motifs (C(OH)–C–C–N with tert-alkyl or cyclic N) is 1. The van der Waals surface area contributed by atoms with Crippen LogP contribution < -0.4 is 10.5 Å². The highest BCUT2D eigenvalue weighted by atomic mass is 16.5. The Morgan fingerprint density at radius 1 is 1.07 bits per heavy atom. The smallest absolute Gasteiger partial charge is 0.219 e. The van der Waals surface area contributed by atoms with E-state index in [9.17, 15) is 5.11 Å². The van der Waals surface area contributed by atoms with Crippen molar-refractivity contribution < 1.29 is 14.6 Å². The number of nitrogens with zero attached hydrogens (tertiary/aromatic N) is 3. The average molecular weight is 409 g/mol. The number of hydrogen-bond donors (Lipinski definition) is 2. The lowest BCUT2D eigenvalue weighted by molar-refractivity contribution is -0.0920. The van der Waals surface area contributed by atoms with Crippen molar-refractivity contribution in [3.05, 3.63) is 48.8 Å². The fourth-order valence-electron chi connectivity index (χ4n) is 3.67. The summed E-state index contributed by atoms with van der Waals surface area (Å²) in [5.41, 5.74) is 7.49. The monoisotopic (exact) mass is 408 g/mol. The number of nitrogens with two attached hydrogens (primary N) is 1. The summed E-state index contributed by atoms with van der Waals surface area (Å²) >= 11 is 0. The normalized spacial score (nSPS) is 16.0. The van der Waals surface area contributed by atoms with Crippen LogP contribution in [0.5, 0.6) is 5.75 Å². The Morgan fingerprint density at radius 3 is 2.53 bits per heavy atom. The lowest BCUT2D eigenvalue weighted by Crippen LogP contribution is -2.55. The summed E-state index contributed by atoms with van der Waals surface area (Å²) < 4.78 is 11.6. The number of likely N-dealkylation sites (tertiary alicyclic amines) is 1. The number of benzene rings is 2. The van der Waals surface area contributed by atoms with Gasteiger partial charge < -0.3 is 20.3 Å². The Labute approximate surface area is 176 Å².